The fraction of sp³-hybridized carbons (Fsp3) is 0.364. The second kappa shape index (κ2) is 7.07. The summed E-state index contributed by atoms with van der Waals surface area (Å²) in [5.41, 5.74) is 6.26. The first kappa shape index (κ1) is 15.4. The molecule has 1 aromatic rings. The molecule has 1 rings (SSSR count). The van der Waals surface area contributed by atoms with E-state index in [0.717, 1.165) is 0 Å². The zero-order chi connectivity index (χ0) is 14.3. The molecule has 0 aliphatic carbocycles. The Morgan fingerprint density at radius 3 is 2.53 bits per heavy atom. The van der Waals surface area contributed by atoms with Crippen LogP contribution in [0.2, 0.25) is 0 Å². The van der Waals surface area contributed by atoms with Crippen molar-refractivity contribution in [3.63, 3.8) is 0 Å². The van der Waals surface area contributed by atoms with Crippen LogP contribution in [-0.2, 0) is 10.1 Å². The van der Waals surface area contributed by atoms with Crippen LogP contribution in [0.1, 0.15) is 10.4 Å². The van der Waals surface area contributed by atoms with E-state index < -0.39 is 16.0 Å². The quantitative estimate of drug-likeness (QED) is 0.384. The molecule has 0 aliphatic heterocycles. The molecule has 0 atom stereocenters. The number of nitrogens with one attached hydrogen (secondary N) is 2. The van der Waals surface area contributed by atoms with E-state index in [1.807, 2.05) is 0 Å². The number of primary amides is 1. The van der Waals surface area contributed by atoms with Gasteiger partial charge in [0.05, 0.1) is 11.3 Å². The van der Waals surface area contributed by atoms with E-state index >= 15 is 0 Å². The van der Waals surface area contributed by atoms with Crippen molar-refractivity contribution >= 4 is 21.7 Å². The molecule has 0 spiro atoms. The SMILES string of the molecule is NC(=O)c1ccccc1NCCNCCS(=O)(=O)O. The fourth-order valence-electron chi connectivity index (χ4n) is 1.46. The van der Waals surface area contributed by atoms with Crippen molar-refractivity contribution in [2.45, 2.75) is 0 Å². The van der Waals surface area contributed by atoms with Gasteiger partial charge in [0, 0.05) is 25.3 Å². The third-order valence-electron chi connectivity index (χ3n) is 2.35. The van der Waals surface area contributed by atoms with E-state index in [-0.39, 0.29) is 12.3 Å². The second-order valence-electron chi connectivity index (χ2n) is 3.87. The molecule has 7 nitrogen and oxygen atoms in total. The van der Waals surface area contributed by atoms with Crippen molar-refractivity contribution in [2.75, 3.05) is 30.7 Å². The summed E-state index contributed by atoms with van der Waals surface area (Å²) < 4.78 is 29.4. The maximum absolute atomic E-state index is 11.1. The number of anilines is 1. The minimum absolute atomic E-state index is 0.165. The standard InChI is InChI=1S/C11H17N3O4S/c12-11(15)9-3-1-2-4-10(9)14-6-5-13-7-8-19(16,17)18/h1-4,13-14H,5-8H2,(H2,12,15)(H,16,17,18). The first-order valence-electron chi connectivity index (χ1n) is 5.69. The number of para-hydroxylation sites is 1. The van der Waals surface area contributed by atoms with Crippen LogP contribution in [0.25, 0.3) is 0 Å². The third kappa shape index (κ3) is 6.18. The molecule has 0 aliphatic rings. The summed E-state index contributed by atoms with van der Waals surface area (Å²) in [6.45, 7) is 1.15. The Balaban J connectivity index is 2.32. The van der Waals surface area contributed by atoms with Crippen LogP contribution in [0.4, 0.5) is 5.69 Å². The summed E-state index contributed by atoms with van der Waals surface area (Å²) in [4.78, 5) is 11.1. The number of hydrogen-bond acceptors (Lipinski definition) is 5. The molecule has 5 N–H and O–H groups in total. The van der Waals surface area contributed by atoms with Gasteiger partial charge in [-0.1, -0.05) is 12.1 Å². The van der Waals surface area contributed by atoms with Gasteiger partial charge in [-0.05, 0) is 12.1 Å². The monoisotopic (exact) mass is 287 g/mol. The molecular formula is C11H17N3O4S. The van der Waals surface area contributed by atoms with Crippen molar-refractivity contribution in [3.8, 4) is 0 Å². The largest absolute Gasteiger partial charge is 0.383 e. The topological polar surface area (TPSA) is 122 Å². The van der Waals surface area contributed by atoms with Gasteiger partial charge in [0.15, 0.2) is 0 Å². The molecule has 0 saturated carbocycles. The first-order valence-corrected chi connectivity index (χ1v) is 7.29. The number of amides is 1. The number of carbonyl (C=O) groups excluding carboxylic acids is 1. The fourth-order valence-corrected chi connectivity index (χ4v) is 1.87. The van der Waals surface area contributed by atoms with E-state index in [4.69, 9.17) is 10.3 Å². The third-order valence-corrected chi connectivity index (χ3v) is 3.07. The molecule has 0 saturated heterocycles. The van der Waals surface area contributed by atoms with Crippen LogP contribution < -0.4 is 16.4 Å². The summed E-state index contributed by atoms with van der Waals surface area (Å²) in [5.74, 6) is -0.840. The van der Waals surface area contributed by atoms with Crippen molar-refractivity contribution in [1.29, 1.82) is 0 Å². The van der Waals surface area contributed by atoms with Crippen LogP contribution in [0.15, 0.2) is 24.3 Å². The lowest BCUT2D eigenvalue weighted by Crippen LogP contribution is -2.28. The maximum atomic E-state index is 11.1. The zero-order valence-electron chi connectivity index (χ0n) is 10.3. The van der Waals surface area contributed by atoms with Gasteiger partial charge in [-0.3, -0.25) is 9.35 Å². The Hall–Kier alpha value is -1.64. The van der Waals surface area contributed by atoms with Crippen molar-refractivity contribution in [3.05, 3.63) is 29.8 Å². The highest BCUT2D eigenvalue weighted by Gasteiger charge is 2.06. The summed E-state index contributed by atoms with van der Waals surface area (Å²) in [6, 6.07) is 6.85. The Morgan fingerprint density at radius 1 is 1.21 bits per heavy atom. The molecule has 0 aromatic heterocycles. The van der Waals surface area contributed by atoms with Crippen molar-refractivity contribution in [1.82, 2.24) is 5.32 Å². The minimum Gasteiger partial charge on any atom is -0.383 e. The van der Waals surface area contributed by atoms with E-state index in [2.05, 4.69) is 10.6 Å². The molecule has 0 fully saturated rings. The molecule has 1 aromatic carbocycles. The summed E-state index contributed by atoms with van der Waals surface area (Å²) in [7, 11) is -3.93. The Morgan fingerprint density at radius 2 is 1.89 bits per heavy atom. The van der Waals surface area contributed by atoms with Gasteiger partial charge in [-0.2, -0.15) is 8.42 Å². The molecular weight excluding hydrogens is 270 g/mol. The number of carbonyl (C=O) groups is 1. The molecule has 8 heteroatoms. The second-order valence-corrected chi connectivity index (χ2v) is 5.44. The van der Waals surface area contributed by atoms with Gasteiger partial charge < -0.3 is 16.4 Å². The van der Waals surface area contributed by atoms with Gasteiger partial charge in [-0.25, -0.2) is 0 Å². The van der Waals surface area contributed by atoms with Gasteiger partial charge >= 0.3 is 0 Å². The molecule has 0 unspecified atom stereocenters. The Kier molecular flexibility index (Phi) is 5.74. The smallest absolute Gasteiger partial charge is 0.266 e. The van der Waals surface area contributed by atoms with E-state index in [1.165, 1.54) is 0 Å². The lowest BCUT2D eigenvalue weighted by atomic mass is 10.1. The lowest BCUT2D eigenvalue weighted by Gasteiger charge is -2.10. The summed E-state index contributed by atoms with van der Waals surface area (Å²) in [6.07, 6.45) is 0. The normalized spacial score (nSPS) is 11.2. The minimum atomic E-state index is -3.93. The Labute approximate surface area is 111 Å². The van der Waals surface area contributed by atoms with Gasteiger partial charge in [-0.15, -0.1) is 0 Å². The molecule has 106 valence electrons. The molecule has 19 heavy (non-hydrogen) atoms. The van der Waals surface area contributed by atoms with E-state index in [9.17, 15) is 13.2 Å². The highest BCUT2D eigenvalue weighted by atomic mass is 32.2. The number of benzene rings is 1. The van der Waals surface area contributed by atoms with Crippen molar-refractivity contribution < 1.29 is 17.8 Å². The number of nitrogens with two attached hydrogens (primary N) is 1. The summed E-state index contributed by atoms with van der Waals surface area (Å²) in [5, 5.41) is 5.86. The average Bonchev–Trinajstić information content (AvgIpc) is 2.32. The van der Waals surface area contributed by atoms with Crippen LogP contribution >= 0.6 is 0 Å². The molecule has 1 amide bonds. The van der Waals surface area contributed by atoms with Gasteiger partial charge in [0.25, 0.3) is 16.0 Å². The highest BCUT2D eigenvalue weighted by Crippen LogP contribution is 2.13. The van der Waals surface area contributed by atoms with Gasteiger partial charge in [0.1, 0.15) is 0 Å². The van der Waals surface area contributed by atoms with Crippen LogP contribution in [-0.4, -0.2) is 44.3 Å². The number of rotatable bonds is 8. The molecule has 0 bridgehead atoms. The van der Waals surface area contributed by atoms with Crippen LogP contribution in [0, 0.1) is 0 Å². The lowest BCUT2D eigenvalue weighted by molar-refractivity contribution is 0.100. The Bertz CT molecular complexity index is 530. The first-order chi connectivity index (χ1) is 8.90. The van der Waals surface area contributed by atoms with Crippen molar-refractivity contribution in [2.24, 2.45) is 5.73 Å². The highest BCUT2D eigenvalue weighted by molar-refractivity contribution is 7.85. The van der Waals surface area contributed by atoms with Gasteiger partial charge in [0.2, 0.25) is 0 Å². The van der Waals surface area contributed by atoms with Crippen LogP contribution in [0.5, 0.6) is 0 Å². The molecule has 0 heterocycles. The average molecular weight is 287 g/mol. The zero-order valence-corrected chi connectivity index (χ0v) is 11.1. The molecule has 0 radical (unpaired) electrons. The van der Waals surface area contributed by atoms with Crippen LogP contribution in [0.3, 0.4) is 0 Å². The predicted molar refractivity (Wildman–Crippen MR) is 72.7 cm³/mol. The van der Waals surface area contributed by atoms with E-state index in [1.54, 1.807) is 24.3 Å². The maximum Gasteiger partial charge on any atom is 0.266 e. The summed E-state index contributed by atoms with van der Waals surface area (Å²) >= 11 is 0. The number of hydrogen-bond donors (Lipinski definition) is 4. The predicted octanol–water partition coefficient (Wildman–Crippen LogP) is -0.325. The van der Waals surface area contributed by atoms with E-state index in [0.29, 0.717) is 24.3 Å².